The summed E-state index contributed by atoms with van der Waals surface area (Å²) < 4.78 is 17.6. The van der Waals surface area contributed by atoms with Gasteiger partial charge < -0.3 is 14.2 Å². The zero-order chi connectivity index (χ0) is 20.2. The molecule has 0 bridgehead atoms. The number of fused-ring (bicyclic) bond motifs is 1. The van der Waals surface area contributed by atoms with Crippen LogP contribution in [0.5, 0.6) is 11.5 Å². The minimum Gasteiger partial charge on any atom is -0.497 e. The molecule has 1 amide bonds. The number of hydrogen-bond acceptors (Lipinski definition) is 6. The Hall–Kier alpha value is -2.64. The van der Waals surface area contributed by atoms with Crippen LogP contribution in [0.25, 0.3) is 10.2 Å². The molecule has 0 saturated carbocycles. The topological polar surface area (TPSA) is 60.9 Å². The molecule has 3 aromatic rings. The van der Waals surface area contributed by atoms with E-state index in [2.05, 4.69) is 0 Å². The monoisotopic (exact) mass is 412 g/mol. The highest BCUT2D eigenvalue weighted by molar-refractivity contribution is 7.22. The molecule has 1 aliphatic heterocycles. The number of benzene rings is 2. The normalized spacial score (nSPS) is 16.1. The number of carbonyl (C=O) groups is 1. The van der Waals surface area contributed by atoms with Gasteiger partial charge in [-0.25, -0.2) is 4.98 Å². The van der Waals surface area contributed by atoms with Crippen molar-refractivity contribution in [2.75, 3.05) is 31.8 Å². The summed E-state index contributed by atoms with van der Waals surface area (Å²) in [6.45, 7) is 3.76. The second-order valence-electron chi connectivity index (χ2n) is 6.84. The summed E-state index contributed by atoms with van der Waals surface area (Å²) >= 11 is 1.50. The fourth-order valence-electron chi connectivity index (χ4n) is 3.39. The fraction of sp³-hybridized carbons (Fsp3) is 0.364. The lowest BCUT2D eigenvalue weighted by Crippen LogP contribution is -2.37. The first kappa shape index (κ1) is 19.7. The Bertz CT molecular complexity index is 980. The van der Waals surface area contributed by atoms with E-state index in [0.29, 0.717) is 23.8 Å². The summed E-state index contributed by atoms with van der Waals surface area (Å²) in [5, 5.41) is 0.669. The van der Waals surface area contributed by atoms with Crippen LogP contribution >= 0.6 is 11.3 Å². The molecule has 1 aromatic heterocycles. The number of methoxy groups -OCH3 is 1. The minimum absolute atomic E-state index is 0.0307. The lowest BCUT2D eigenvalue weighted by atomic mass is 10.1. The first-order chi connectivity index (χ1) is 14.2. The van der Waals surface area contributed by atoms with Crippen LogP contribution in [0.1, 0.15) is 30.1 Å². The molecule has 0 radical (unpaired) electrons. The van der Waals surface area contributed by atoms with Crippen LogP contribution in [0.3, 0.4) is 0 Å². The Balaban J connectivity index is 1.66. The van der Waals surface area contributed by atoms with Crippen molar-refractivity contribution >= 4 is 32.6 Å². The van der Waals surface area contributed by atoms with Crippen molar-refractivity contribution in [2.45, 2.75) is 25.9 Å². The predicted molar refractivity (Wildman–Crippen MR) is 114 cm³/mol. The van der Waals surface area contributed by atoms with Crippen LogP contribution in [0.4, 0.5) is 5.13 Å². The molecule has 1 atom stereocenters. The van der Waals surface area contributed by atoms with Gasteiger partial charge in [0.15, 0.2) is 5.13 Å². The molecule has 1 unspecified atom stereocenters. The Kier molecular flexibility index (Phi) is 5.97. The van der Waals surface area contributed by atoms with Crippen LogP contribution in [-0.2, 0) is 4.74 Å². The highest BCUT2D eigenvalue weighted by atomic mass is 32.1. The Morgan fingerprint density at radius 1 is 1.24 bits per heavy atom. The second kappa shape index (κ2) is 8.80. The van der Waals surface area contributed by atoms with Gasteiger partial charge in [0.1, 0.15) is 11.5 Å². The van der Waals surface area contributed by atoms with Gasteiger partial charge >= 0.3 is 0 Å². The summed E-state index contributed by atoms with van der Waals surface area (Å²) in [5.41, 5.74) is 1.42. The molecule has 2 aromatic carbocycles. The fourth-order valence-corrected chi connectivity index (χ4v) is 4.35. The van der Waals surface area contributed by atoms with E-state index >= 15 is 0 Å². The summed E-state index contributed by atoms with van der Waals surface area (Å²) in [5.74, 6) is 1.41. The maximum Gasteiger partial charge on any atom is 0.260 e. The van der Waals surface area contributed by atoms with Gasteiger partial charge in [0.25, 0.3) is 5.91 Å². The van der Waals surface area contributed by atoms with Crippen molar-refractivity contribution in [2.24, 2.45) is 0 Å². The zero-order valence-electron chi connectivity index (χ0n) is 16.6. The third-order valence-electron chi connectivity index (χ3n) is 4.88. The van der Waals surface area contributed by atoms with E-state index in [4.69, 9.17) is 19.2 Å². The molecule has 2 heterocycles. The molecule has 0 N–H and O–H groups in total. The van der Waals surface area contributed by atoms with E-state index in [9.17, 15) is 4.79 Å². The van der Waals surface area contributed by atoms with Gasteiger partial charge in [0.05, 0.1) is 36.6 Å². The van der Waals surface area contributed by atoms with Crippen molar-refractivity contribution in [3.8, 4) is 11.5 Å². The molecule has 0 aliphatic carbocycles. The van der Waals surface area contributed by atoms with Gasteiger partial charge in [-0.3, -0.25) is 9.69 Å². The number of ether oxygens (including phenoxy) is 3. The van der Waals surface area contributed by atoms with E-state index in [1.54, 1.807) is 24.1 Å². The van der Waals surface area contributed by atoms with Crippen LogP contribution in [0.15, 0.2) is 42.5 Å². The molecule has 1 aliphatic rings. The van der Waals surface area contributed by atoms with Gasteiger partial charge in [-0.2, -0.15) is 0 Å². The molecule has 6 nitrogen and oxygen atoms in total. The van der Waals surface area contributed by atoms with Gasteiger partial charge in [-0.15, -0.1) is 0 Å². The SMILES string of the molecule is CCOc1ccc(C(=O)N(CC2CCCO2)c2nc3cc(OC)ccc3s2)cc1. The summed E-state index contributed by atoms with van der Waals surface area (Å²) in [6, 6.07) is 13.0. The highest BCUT2D eigenvalue weighted by Crippen LogP contribution is 2.33. The van der Waals surface area contributed by atoms with E-state index in [1.165, 1.54) is 11.3 Å². The largest absolute Gasteiger partial charge is 0.497 e. The Morgan fingerprint density at radius 2 is 2.03 bits per heavy atom. The number of rotatable bonds is 7. The number of anilines is 1. The molecule has 152 valence electrons. The molecule has 1 saturated heterocycles. The average molecular weight is 413 g/mol. The van der Waals surface area contributed by atoms with E-state index < -0.39 is 0 Å². The Labute approximate surface area is 174 Å². The van der Waals surface area contributed by atoms with Gasteiger partial charge in [0, 0.05) is 18.2 Å². The van der Waals surface area contributed by atoms with Crippen LogP contribution < -0.4 is 14.4 Å². The smallest absolute Gasteiger partial charge is 0.260 e. The van der Waals surface area contributed by atoms with E-state index in [0.717, 1.165) is 41.2 Å². The lowest BCUT2D eigenvalue weighted by molar-refractivity contribution is 0.0917. The second-order valence-corrected chi connectivity index (χ2v) is 7.85. The van der Waals surface area contributed by atoms with Gasteiger partial charge in [-0.05, 0) is 56.2 Å². The van der Waals surface area contributed by atoms with E-state index in [-0.39, 0.29) is 12.0 Å². The lowest BCUT2D eigenvalue weighted by Gasteiger charge is -2.23. The third-order valence-corrected chi connectivity index (χ3v) is 5.94. The van der Waals surface area contributed by atoms with Crippen molar-refractivity contribution in [1.29, 1.82) is 0 Å². The number of nitrogens with zero attached hydrogens (tertiary/aromatic N) is 2. The van der Waals surface area contributed by atoms with Crippen LogP contribution in [-0.4, -0.2) is 43.9 Å². The summed E-state index contributed by atoms with van der Waals surface area (Å²) in [7, 11) is 1.63. The first-order valence-corrected chi connectivity index (χ1v) is 10.6. The maximum atomic E-state index is 13.4. The van der Waals surface area contributed by atoms with Crippen molar-refractivity contribution in [3.05, 3.63) is 48.0 Å². The van der Waals surface area contributed by atoms with Gasteiger partial charge in [-0.1, -0.05) is 11.3 Å². The summed E-state index contributed by atoms with van der Waals surface area (Å²) in [4.78, 5) is 19.8. The van der Waals surface area contributed by atoms with Crippen molar-refractivity contribution in [3.63, 3.8) is 0 Å². The van der Waals surface area contributed by atoms with Gasteiger partial charge in [0.2, 0.25) is 0 Å². The molecular formula is C22H24N2O4S. The molecule has 1 fully saturated rings. The zero-order valence-corrected chi connectivity index (χ0v) is 17.4. The third kappa shape index (κ3) is 4.36. The number of aromatic nitrogens is 1. The number of carbonyl (C=O) groups excluding carboxylic acids is 1. The molecular weight excluding hydrogens is 388 g/mol. The van der Waals surface area contributed by atoms with Crippen molar-refractivity contribution in [1.82, 2.24) is 4.98 Å². The Morgan fingerprint density at radius 3 is 2.72 bits per heavy atom. The molecule has 29 heavy (non-hydrogen) atoms. The quantitative estimate of drug-likeness (QED) is 0.571. The highest BCUT2D eigenvalue weighted by Gasteiger charge is 2.27. The average Bonchev–Trinajstić information content (AvgIpc) is 3.41. The van der Waals surface area contributed by atoms with Crippen LogP contribution in [0, 0.1) is 0 Å². The first-order valence-electron chi connectivity index (χ1n) is 9.79. The predicted octanol–water partition coefficient (Wildman–Crippen LogP) is 4.53. The number of amides is 1. The minimum atomic E-state index is -0.0884. The summed E-state index contributed by atoms with van der Waals surface area (Å²) in [6.07, 6.45) is 2.00. The molecule has 4 rings (SSSR count). The molecule has 0 spiro atoms. The standard InChI is InChI=1S/C22H24N2O4S/c1-3-27-16-8-6-15(7-9-16)21(25)24(14-18-5-4-12-28-18)22-23-19-13-17(26-2)10-11-20(19)29-22/h6-11,13,18H,3-5,12,14H2,1-2H3. The van der Waals surface area contributed by atoms with Crippen molar-refractivity contribution < 1.29 is 19.0 Å². The molecule has 7 heteroatoms. The van der Waals surface area contributed by atoms with Crippen LogP contribution in [0.2, 0.25) is 0 Å². The number of thiazole rings is 1. The maximum absolute atomic E-state index is 13.4. The number of hydrogen-bond donors (Lipinski definition) is 0. The van der Waals surface area contributed by atoms with E-state index in [1.807, 2.05) is 37.3 Å².